The zero-order chi connectivity index (χ0) is 17.5. The van der Waals surface area contributed by atoms with Crippen molar-refractivity contribution < 1.29 is 0 Å². The number of aliphatic imine (C=N–C) groups is 1. The third-order valence-corrected chi connectivity index (χ3v) is 4.63. The van der Waals surface area contributed by atoms with Crippen molar-refractivity contribution in [1.29, 1.82) is 0 Å². The van der Waals surface area contributed by atoms with Gasteiger partial charge in [-0.3, -0.25) is 4.99 Å². The monoisotopic (exact) mass is 394 g/mol. The molecule has 0 spiro atoms. The van der Waals surface area contributed by atoms with E-state index in [-0.39, 0.29) is 6.17 Å². The average Bonchev–Trinajstić information content (AvgIpc) is 2.64. The van der Waals surface area contributed by atoms with Crippen LogP contribution in [0.25, 0.3) is 5.84 Å². The number of halogens is 1. The van der Waals surface area contributed by atoms with Gasteiger partial charge in [0.25, 0.3) is 0 Å². The summed E-state index contributed by atoms with van der Waals surface area (Å²) in [4.78, 5) is 4.71. The molecule has 128 valence electrons. The summed E-state index contributed by atoms with van der Waals surface area (Å²) in [5.41, 5.74) is 3.32. The predicted octanol–water partition coefficient (Wildman–Crippen LogP) is 6.07. The predicted molar refractivity (Wildman–Crippen MR) is 109 cm³/mol. The first kappa shape index (κ1) is 17.8. The van der Waals surface area contributed by atoms with Gasteiger partial charge in [-0.05, 0) is 30.0 Å². The Morgan fingerprint density at radius 2 is 1.76 bits per heavy atom. The summed E-state index contributed by atoms with van der Waals surface area (Å²) in [5.74, 6) is 8.58. The van der Waals surface area contributed by atoms with Gasteiger partial charge in [-0.2, -0.15) is 0 Å². The van der Waals surface area contributed by atoms with E-state index in [1.165, 1.54) is 5.57 Å². The van der Waals surface area contributed by atoms with Crippen LogP contribution in [0.4, 0.5) is 0 Å². The molecule has 2 aromatic carbocycles. The molecule has 3 nitrogen and oxygen atoms in total. The van der Waals surface area contributed by atoms with Crippen LogP contribution in [-0.4, -0.2) is 17.8 Å². The highest BCUT2D eigenvalue weighted by Gasteiger charge is 2.13. The smallest absolute Gasteiger partial charge is 0.111 e. The number of benzene rings is 2. The first-order chi connectivity index (χ1) is 12.2. The van der Waals surface area contributed by atoms with Crippen molar-refractivity contribution in [2.75, 3.05) is 6.54 Å². The molecule has 1 unspecified atom stereocenters. The van der Waals surface area contributed by atoms with Gasteiger partial charge in [0, 0.05) is 17.2 Å². The Bertz CT molecular complexity index is 766. The van der Waals surface area contributed by atoms with E-state index in [0.717, 1.165) is 28.5 Å². The van der Waals surface area contributed by atoms with Crippen molar-refractivity contribution in [3.8, 4) is 0 Å². The van der Waals surface area contributed by atoms with Crippen LogP contribution in [0.3, 0.4) is 0 Å². The molecule has 0 saturated heterocycles. The SMILES string of the molecule is [NH-]N(CC1=CC(Br)=CCC1)C(N=Cc1ccccc1)c1ccccc1. The maximum atomic E-state index is 8.58. The van der Waals surface area contributed by atoms with Gasteiger partial charge < -0.3 is 10.9 Å². The van der Waals surface area contributed by atoms with Crippen molar-refractivity contribution in [3.63, 3.8) is 0 Å². The standard InChI is InChI=1S/C21H21BrN3/c22-20-13-7-10-18(14-20)16-25(23)21(19-11-5-2-6-12-19)24-15-17-8-3-1-4-9-17/h1-6,8-9,11-15,21,23H,7,10,16H2/q-1. The van der Waals surface area contributed by atoms with Crippen molar-refractivity contribution in [2.24, 2.45) is 4.99 Å². The molecule has 3 rings (SSSR count). The maximum Gasteiger partial charge on any atom is 0.111 e. The van der Waals surface area contributed by atoms with Gasteiger partial charge in [0.15, 0.2) is 0 Å². The Balaban J connectivity index is 1.81. The maximum absolute atomic E-state index is 8.58. The highest BCUT2D eigenvalue weighted by molar-refractivity contribution is 9.11. The Kier molecular flexibility index (Phi) is 6.34. The van der Waals surface area contributed by atoms with Crippen LogP contribution in [0.15, 0.2) is 87.9 Å². The van der Waals surface area contributed by atoms with Crippen LogP contribution in [0.2, 0.25) is 0 Å². The number of rotatable bonds is 6. The molecule has 0 aliphatic heterocycles. The lowest BCUT2D eigenvalue weighted by molar-refractivity contribution is 0.309. The summed E-state index contributed by atoms with van der Waals surface area (Å²) in [6.45, 7) is 0.578. The van der Waals surface area contributed by atoms with Crippen LogP contribution in [-0.2, 0) is 0 Å². The quantitative estimate of drug-likeness (QED) is 0.432. The second kappa shape index (κ2) is 8.90. The van der Waals surface area contributed by atoms with Gasteiger partial charge in [0.05, 0.1) is 0 Å². The first-order valence-electron chi connectivity index (χ1n) is 8.38. The highest BCUT2D eigenvalue weighted by atomic mass is 79.9. The van der Waals surface area contributed by atoms with Gasteiger partial charge in [-0.1, -0.05) is 88.2 Å². The van der Waals surface area contributed by atoms with Crippen LogP contribution in [0.1, 0.15) is 30.1 Å². The lowest BCUT2D eigenvalue weighted by atomic mass is 10.0. The number of hydrogen-bond donors (Lipinski definition) is 0. The second-order valence-electron chi connectivity index (χ2n) is 6.03. The minimum absolute atomic E-state index is 0.327. The van der Waals surface area contributed by atoms with Gasteiger partial charge >= 0.3 is 0 Å². The number of nitrogens with zero attached hydrogens (tertiary/aromatic N) is 2. The fourth-order valence-corrected chi connectivity index (χ4v) is 3.37. The van der Waals surface area contributed by atoms with Crippen LogP contribution < -0.4 is 0 Å². The third-order valence-electron chi connectivity index (χ3n) is 4.08. The molecule has 4 heteroatoms. The molecule has 0 amide bonds. The molecular formula is C21H21BrN3-. The zero-order valence-corrected chi connectivity index (χ0v) is 15.6. The third kappa shape index (κ3) is 5.23. The molecule has 0 radical (unpaired) electrons. The van der Waals surface area contributed by atoms with E-state index in [9.17, 15) is 0 Å². The summed E-state index contributed by atoms with van der Waals surface area (Å²) >= 11 is 3.54. The molecule has 1 aliphatic rings. The first-order valence-corrected chi connectivity index (χ1v) is 9.18. The Morgan fingerprint density at radius 1 is 1.08 bits per heavy atom. The number of hydrogen-bond acceptors (Lipinski definition) is 2. The van der Waals surface area contributed by atoms with Gasteiger partial charge in [0.2, 0.25) is 0 Å². The van der Waals surface area contributed by atoms with E-state index in [1.807, 2.05) is 66.9 Å². The molecule has 1 aliphatic carbocycles. The molecule has 0 heterocycles. The van der Waals surface area contributed by atoms with Crippen LogP contribution >= 0.6 is 15.9 Å². The number of allylic oxidation sites excluding steroid dienone is 3. The summed E-state index contributed by atoms with van der Waals surface area (Å²) in [6.07, 6.45) is 7.82. The Labute approximate surface area is 157 Å². The van der Waals surface area contributed by atoms with Gasteiger partial charge in [-0.15, -0.1) is 0 Å². The van der Waals surface area contributed by atoms with E-state index < -0.39 is 0 Å². The van der Waals surface area contributed by atoms with Crippen molar-refractivity contribution in [3.05, 3.63) is 99.8 Å². The summed E-state index contributed by atoms with van der Waals surface area (Å²) in [5, 5.41) is 1.56. The molecule has 0 aromatic heterocycles. The Morgan fingerprint density at radius 3 is 2.44 bits per heavy atom. The van der Waals surface area contributed by atoms with Crippen LogP contribution in [0.5, 0.6) is 0 Å². The van der Waals surface area contributed by atoms with Crippen molar-refractivity contribution >= 4 is 22.1 Å². The van der Waals surface area contributed by atoms with E-state index in [0.29, 0.717) is 6.54 Å². The zero-order valence-electron chi connectivity index (χ0n) is 14.0. The Hall–Kier alpha value is -2.01. The summed E-state index contributed by atoms with van der Waals surface area (Å²) in [7, 11) is 0. The molecule has 1 N–H and O–H groups in total. The fraction of sp³-hybridized carbons (Fsp3) is 0.190. The molecule has 2 aromatic rings. The van der Waals surface area contributed by atoms with E-state index >= 15 is 0 Å². The summed E-state index contributed by atoms with van der Waals surface area (Å²) < 4.78 is 1.10. The minimum Gasteiger partial charge on any atom is -0.607 e. The van der Waals surface area contributed by atoms with E-state index in [4.69, 9.17) is 10.8 Å². The molecular weight excluding hydrogens is 374 g/mol. The summed E-state index contributed by atoms with van der Waals surface area (Å²) in [6, 6.07) is 20.0. The average molecular weight is 395 g/mol. The van der Waals surface area contributed by atoms with Gasteiger partial charge in [0.1, 0.15) is 6.17 Å². The molecule has 0 saturated carbocycles. The van der Waals surface area contributed by atoms with Crippen molar-refractivity contribution in [2.45, 2.75) is 19.0 Å². The molecule has 25 heavy (non-hydrogen) atoms. The number of nitrogens with one attached hydrogen (secondary N) is 1. The van der Waals surface area contributed by atoms with E-state index in [1.54, 1.807) is 5.01 Å². The van der Waals surface area contributed by atoms with E-state index in [2.05, 4.69) is 28.1 Å². The minimum atomic E-state index is -0.327. The lowest BCUT2D eigenvalue weighted by Gasteiger charge is -2.35. The topological polar surface area (TPSA) is 39.4 Å². The highest BCUT2D eigenvalue weighted by Crippen LogP contribution is 2.27. The normalized spacial score (nSPS) is 16.0. The largest absolute Gasteiger partial charge is 0.607 e. The molecule has 0 fully saturated rings. The fourth-order valence-electron chi connectivity index (χ4n) is 2.82. The molecule has 1 atom stereocenters. The lowest BCUT2D eigenvalue weighted by Crippen LogP contribution is -2.23. The van der Waals surface area contributed by atoms with Crippen LogP contribution in [0, 0.1) is 0 Å². The molecule has 0 bridgehead atoms. The second-order valence-corrected chi connectivity index (χ2v) is 6.95. The van der Waals surface area contributed by atoms with Gasteiger partial charge in [-0.25, -0.2) is 0 Å². The van der Waals surface area contributed by atoms with Crippen molar-refractivity contribution in [1.82, 2.24) is 5.01 Å².